The van der Waals surface area contributed by atoms with E-state index in [0.29, 0.717) is 32.2 Å². The van der Waals surface area contributed by atoms with Crippen LogP contribution in [0.1, 0.15) is 37.7 Å². The molecule has 1 unspecified atom stereocenters. The van der Waals surface area contributed by atoms with Crippen LogP contribution in [0.3, 0.4) is 0 Å². The van der Waals surface area contributed by atoms with Gasteiger partial charge in [0.1, 0.15) is 6.61 Å². The number of ether oxygens (including phenoxy) is 1. The predicted octanol–water partition coefficient (Wildman–Crippen LogP) is 3.83. The first-order valence-electron chi connectivity index (χ1n) is 8.97. The van der Waals surface area contributed by atoms with Crippen LogP contribution in [0.4, 0.5) is 13.6 Å². The van der Waals surface area contributed by atoms with Gasteiger partial charge in [-0.25, -0.2) is 13.6 Å². The molecule has 1 N–H and O–H groups in total. The topological polar surface area (TPSA) is 49.8 Å². The second-order valence-electron chi connectivity index (χ2n) is 7.19. The fraction of sp³-hybridized carbons (Fsp3) is 0.632. The number of alkyl halides is 2. The number of benzene rings is 1. The van der Waals surface area contributed by atoms with Crippen molar-refractivity contribution in [3.63, 3.8) is 0 Å². The summed E-state index contributed by atoms with van der Waals surface area (Å²) >= 11 is 0. The minimum Gasteiger partial charge on any atom is -0.445 e. The van der Waals surface area contributed by atoms with Crippen LogP contribution in [-0.2, 0) is 11.3 Å². The summed E-state index contributed by atoms with van der Waals surface area (Å²) in [6.45, 7) is -0.192. The van der Waals surface area contributed by atoms with Gasteiger partial charge < -0.3 is 14.7 Å². The number of hydrogen-bond acceptors (Lipinski definition) is 3. The van der Waals surface area contributed by atoms with Crippen molar-refractivity contribution in [2.75, 3.05) is 13.1 Å². The van der Waals surface area contributed by atoms with Gasteiger partial charge in [0.05, 0.1) is 12.6 Å². The van der Waals surface area contributed by atoms with E-state index in [1.54, 1.807) is 0 Å². The molecular weight excluding hydrogens is 328 g/mol. The third-order valence-electron chi connectivity index (χ3n) is 5.43. The van der Waals surface area contributed by atoms with Crippen LogP contribution in [0.2, 0.25) is 0 Å². The zero-order chi connectivity index (χ0) is 17.9. The van der Waals surface area contributed by atoms with E-state index in [0.717, 1.165) is 10.5 Å². The minimum atomic E-state index is -2.91. The Balaban J connectivity index is 1.53. The molecule has 0 aromatic heterocycles. The van der Waals surface area contributed by atoms with E-state index in [1.165, 1.54) is 0 Å². The van der Waals surface area contributed by atoms with Gasteiger partial charge in [0.15, 0.2) is 0 Å². The van der Waals surface area contributed by atoms with Crippen molar-refractivity contribution in [2.45, 2.75) is 50.7 Å². The first-order chi connectivity index (χ1) is 12.0. The molecule has 0 bridgehead atoms. The predicted molar refractivity (Wildman–Crippen MR) is 89.2 cm³/mol. The number of nitrogens with zero attached hydrogens (tertiary/aromatic N) is 1. The van der Waals surface area contributed by atoms with Gasteiger partial charge in [0.2, 0.25) is 0 Å². The van der Waals surface area contributed by atoms with Gasteiger partial charge >= 0.3 is 6.09 Å². The number of carbonyl (C=O) groups is 1. The number of carbonyl (C=O) groups excluding carboxylic acids is 1. The average Bonchev–Trinajstić information content (AvgIpc) is 2.61. The highest BCUT2D eigenvalue weighted by atomic mass is 19.3. The van der Waals surface area contributed by atoms with Crippen LogP contribution >= 0.6 is 0 Å². The van der Waals surface area contributed by atoms with Crippen molar-refractivity contribution in [1.29, 1.82) is 0 Å². The summed E-state index contributed by atoms with van der Waals surface area (Å²) in [5, 5.41) is 9.57. The number of likely N-dealkylation sites (tertiary alicyclic amines) is 1. The number of piperidine rings is 1. The lowest BCUT2D eigenvalue weighted by atomic mass is 9.73. The Morgan fingerprint density at radius 3 is 2.48 bits per heavy atom. The summed E-state index contributed by atoms with van der Waals surface area (Å²) in [6.07, 6.45) is 1.73. The van der Waals surface area contributed by atoms with Crippen LogP contribution in [-0.4, -0.2) is 41.2 Å². The molecule has 1 aliphatic carbocycles. The molecular formula is C19H25F2NO3. The first kappa shape index (κ1) is 18.1. The summed E-state index contributed by atoms with van der Waals surface area (Å²) in [5.74, 6) is -3.68. The highest BCUT2D eigenvalue weighted by Crippen LogP contribution is 2.43. The van der Waals surface area contributed by atoms with Gasteiger partial charge in [0, 0.05) is 12.5 Å². The summed E-state index contributed by atoms with van der Waals surface area (Å²) in [6, 6.07) is 9.19. The highest BCUT2D eigenvalue weighted by Gasteiger charge is 2.49. The zero-order valence-electron chi connectivity index (χ0n) is 14.2. The Morgan fingerprint density at radius 1 is 1.16 bits per heavy atom. The van der Waals surface area contributed by atoms with Gasteiger partial charge in [-0.2, -0.15) is 0 Å². The molecule has 1 heterocycles. The standard InChI is InChI=1S/C19H25F2NO3/c20-19(21)13-22(18(24)25-12-14-4-2-1-3-5-14)11-10-17(19)15-6-8-16(23)9-7-15/h1-5,15-17,23H,6-13H2. The molecule has 0 radical (unpaired) electrons. The number of aliphatic hydroxyl groups excluding tert-OH is 1. The van der Waals surface area contributed by atoms with E-state index in [2.05, 4.69) is 0 Å². The summed E-state index contributed by atoms with van der Waals surface area (Å²) in [5.41, 5.74) is 0.832. The lowest BCUT2D eigenvalue weighted by Crippen LogP contribution is -2.53. The zero-order valence-corrected chi connectivity index (χ0v) is 14.2. The second kappa shape index (κ2) is 7.68. The number of halogens is 2. The Kier molecular flexibility index (Phi) is 5.57. The number of amides is 1. The van der Waals surface area contributed by atoms with Gasteiger partial charge in [0.25, 0.3) is 5.92 Å². The maximum absolute atomic E-state index is 14.6. The van der Waals surface area contributed by atoms with Gasteiger partial charge in [-0.3, -0.25) is 0 Å². The number of rotatable bonds is 3. The van der Waals surface area contributed by atoms with Crippen molar-refractivity contribution in [1.82, 2.24) is 4.90 Å². The molecule has 1 aromatic carbocycles. The highest BCUT2D eigenvalue weighted by molar-refractivity contribution is 5.67. The first-order valence-corrected chi connectivity index (χ1v) is 8.97. The molecule has 1 saturated heterocycles. The Morgan fingerprint density at radius 2 is 1.84 bits per heavy atom. The van der Waals surface area contributed by atoms with E-state index in [-0.39, 0.29) is 25.0 Å². The number of hydrogen-bond donors (Lipinski definition) is 1. The maximum Gasteiger partial charge on any atom is 0.410 e. The molecule has 1 saturated carbocycles. The van der Waals surface area contributed by atoms with Crippen molar-refractivity contribution >= 4 is 6.09 Å². The molecule has 0 spiro atoms. The number of aliphatic hydroxyl groups is 1. The van der Waals surface area contributed by atoms with Crippen LogP contribution in [0.15, 0.2) is 30.3 Å². The summed E-state index contributed by atoms with van der Waals surface area (Å²) < 4.78 is 34.4. The molecule has 2 fully saturated rings. The quantitative estimate of drug-likeness (QED) is 0.898. The smallest absolute Gasteiger partial charge is 0.410 e. The molecule has 138 valence electrons. The van der Waals surface area contributed by atoms with Crippen molar-refractivity contribution < 1.29 is 23.4 Å². The Labute approximate surface area is 146 Å². The largest absolute Gasteiger partial charge is 0.445 e. The van der Waals surface area contributed by atoms with Crippen LogP contribution in [0, 0.1) is 11.8 Å². The molecule has 1 aromatic rings. The molecule has 2 aliphatic rings. The van der Waals surface area contributed by atoms with E-state index in [1.807, 2.05) is 30.3 Å². The molecule has 4 nitrogen and oxygen atoms in total. The third kappa shape index (κ3) is 4.48. The van der Waals surface area contributed by atoms with Gasteiger partial charge in [-0.05, 0) is 43.6 Å². The van der Waals surface area contributed by atoms with E-state index in [4.69, 9.17) is 4.74 Å². The third-order valence-corrected chi connectivity index (χ3v) is 5.43. The van der Waals surface area contributed by atoms with E-state index < -0.39 is 24.5 Å². The average molecular weight is 353 g/mol. The molecule has 3 rings (SSSR count). The van der Waals surface area contributed by atoms with Crippen LogP contribution in [0.5, 0.6) is 0 Å². The summed E-state index contributed by atoms with van der Waals surface area (Å²) in [7, 11) is 0. The lowest BCUT2D eigenvalue weighted by Gasteiger charge is -2.42. The fourth-order valence-electron chi connectivity index (χ4n) is 4.01. The molecule has 25 heavy (non-hydrogen) atoms. The van der Waals surface area contributed by atoms with Crippen LogP contribution < -0.4 is 0 Å². The van der Waals surface area contributed by atoms with Crippen molar-refractivity contribution in [3.05, 3.63) is 35.9 Å². The van der Waals surface area contributed by atoms with Crippen LogP contribution in [0.25, 0.3) is 0 Å². The van der Waals surface area contributed by atoms with E-state index in [9.17, 15) is 18.7 Å². The SMILES string of the molecule is O=C(OCc1ccccc1)N1CCC(C2CCC(O)CC2)C(F)(F)C1. The van der Waals surface area contributed by atoms with Crippen molar-refractivity contribution in [3.8, 4) is 0 Å². The van der Waals surface area contributed by atoms with Gasteiger partial charge in [-0.1, -0.05) is 30.3 Å². The molecule has 1 atom stereocenters. The molecule has 6 heteroatoms. The fourth-order valence-corrected chi connectivity index (χ4v) is 4.01. The maximum atomic E-state index is 14.6. The van der Waals surface area contributed by atoms with Crippen molar-refractivity contribution in [2.24, 2.45) is 11.8 Å². The molecule has 1 aliphatic heterocycles. The Bertz CT molecular complexity index is 573. The summed E-state index contributed by atoms with van der Waals surface area (Å²) in [4.78, 5) is 13.2. The monoisotopic (exact) mass is 353 g/mol. The lowest BCUT2D eigenvalue weighted by molar-refractivity contribution is -0.131. The second-order valence-corrected chi connectivity index (χ2v) is 7.19. The van der Waals surface area contributed by atoms with Gasteiger partial charge in [-0.15, -0.1) is 0 Å². The minimum absolute atomic E-state index is 0.0686. The normalized spacial score (nSPS) is 29.2. The molecule has 1 amide bonds. The van der Waals surface area contributed by atoms with E-state index >= 15 is 0 Å². The Hall–Kier alpha value is -1.69.